The van der Waals surface area contributed by atoms with Crippen molar-refractivity contribution in [3.05, 3.63) is 42.2 Å². The maximum atomic E-state index is 12.9. The van der Waals surface area contributed by atoms with Crippen molar-refractivity contribution in [1.29, 1.82) is 0 Å². The Morgan fingerprint density at radius 1 is 1.37 bits per heavy atom. The number of hydrogen-bond acceptors (Lipinski definition) is 6. The molecule has 0 spiro atoms. The van der Waals surface area contributed by atoms with Crippen LogP contribution in [0.15, 0.2) is 36.7 Å². The summed E-state index contributed by atoms with van der Waals surface area (Å²) in [6.07, 6.45) is 3.81. The third-order valence-electron chi connectivity index (χ3n) is 4.92. The predicted octanol–water partition coefficient (Wildman–Crippen LogP) is 1.04. The molecule has 3 aromatic rings. The Morgan fingerprint density at radius 3 is 3.04 bits per heavy atom. The molecule has 1 aromatic carbocycles. The number of nitrogens with zero attached hydrogens (tertiary/aromatic N) is 6. The van der Waals surface area contributed by atoms with E-state index in [0.717, 1.165) is 23.4 Å². The molecule has 1 aliphatic heterocycles. The van der Waals surface area contributed by atoms with Crippen LogP contribution in [0.2, 0.25) is 0 Å². The van der Waals surface area contributed by atoms with E-state index < -0.39 is 0 Å². The second-order valence-electron chi connectivity index (χ2n) is 6.71. The van der Waals surface area contributed by atoms with E-state index in [2.05, 4.69) is 31.3 Å². The monoisotopic (exact) mass is 366 g/mol. The lowest BCUT2D eigenvalue weighted by molar-refractivity contribution is -0.119. The highest BCUT2D eigenvalue weighted by molar-refractivity contribution is 5.94. The minimum atomic E-state index is -0.140. The molecule has 27 heavy (non-hydrogen) atoms. The number of anilines is 1. The molecule has 0 aliphatic carbocycles. The van der Waals surface area contributed by atoms with Crippen LogP contribution in [-0.2, 0) is 18.4 Å². The van der Waals surface area contributed by atoms with Crippen molar-refractivity contribution in [1.82, 2.24) is 35.3 Å². The topological polar surface area (TPSA) is 103 Å². The Morgan fingerprint density at radius 2 is 2.26 bits per heavy atom. The molecule has 0 unspecified atom stereocenters. The van der Waals surface area contributed by atoms with Crippen LogP contribution in [0.1, 0.15) is 18.4 Å². The quantitative estimate of drug-likeness (QED) is 0.699. The van der Waals surface area contributed by atoms with Gasteiger partial charge in [0.15, 0.2) is 5.82 Å². The maximum absolute atomic E-state index is 12.9. The Hall–Kier alpha value is -3.07. The Balaban J connectivity index is 1.52. The Labute approximate surface area is 156 Å². The third-order valence-corrected chi connectivity index (χ3v) is 4.92. The van der Waals surface area contributed by atoms with Crippen LogP contribution >= 0.6 is 0 Å². The maximum Gasteiger partial charge on any atom is 0.229 e. The number of aryl methyl sites for hydroxylation is 2. The first kappa shape index (κ1) is 17.3. The van der Waals surface area contributed by atoms with Gasteiger partial charge in [-0.3, -0.25) is 9.48 Å². The van der Waals surface area contributed by atoms with Gasteiger partial charge in [-0.05, 0) is 35.0 Å². The molecule has 9 nitrogen and oxygen atoms in total. The van der Waals surface area contributed by atoms with Crippen molar-refractivity contribution >= 4 is 11.6 Å². The lowest BCUT2D eigenvalue weighted by atomic mass is 9.90. The molecule has 3 heterocycles. The molecule has 0 saturated carbocycles. The van der Waals surface area contributed by atoms with Crippen LogP contribution in [-0.4, -0.2) is 49.0 Å². The molecule has 9 heteroatoms. The van der Waals surface area contributed by atoms with E-state index in [-0.39, 0.29) is 17.7 Å². The summed E-state index contributed by atoms with van der Waals surface area (Å²) in [5, 5.41) is 22.4. The van der Waals surface area contributed by atoms with E-state index in [4.69, 9.17) is 0 Å². The predicted molar refractivity (Wildman–Crippen MR) is 99.9 cm³/mol. The summed E-state index contributed by atoms with van der Waals surface area (Å²) < 4.78 is 3.49. The van der Waals surface area contributed by atoms with Gasteiger partial charge in [0, 0.05) is 50.0 Å². The fraction of sp³-hybridized carbons (Fsp3) is 0.389. The first-order valence-corrected chi connectivity index (χ1v) is 9.02. The fourth-order valence-corrected chi connectivity index (χ4v) is 3.53. The van der Waals surface area contributed by atoms with Crippen LogP contribution in [0.5, 0.6) is 0 Å². The standard InChI is InChI=1S/C18H22N8O/c1-3-26-17(22-23-24-26)12-5-4-6-14(7-12)21-18(27)16-10-19-9-15(16)13-8-20-25(2)11-13/h4-8,11,15-16,19H,3,9-10H2,1-2H3,(H,21,27)/t15-,16+/m1/s1. The van der Waals surface area contributed by atoms with E-state index in [1.807, 2.05) is 50.6 Å². The van der Waals surface area contributed by atoms with Crippen LogP contribution in [0.3, 0.4) is 0 Å². The zero-order chi connectivity index (χ0) is 18.8. The number of carbonyl (C=O) groups excluding carboxylic acids is 1. The zero-order valence-corrected chi connectivity index (χ0v) is 15.3. The van der Waals surface area contributed by atoms with Gasteiger partial charge in [-0.25, -0.2) is 4.68 Å². The highest BCUT2D eigenvalue weighted by Crippen LogP contribution is 2.29. The van der Waals surface area contributed by atoms with Crippen molar-refractivity contribution in [2.75, 3.05) is 18.4 Å². The van der Waals surface area contributed by atoms with Crippen molar-refractivity contribution in [2.24, 2.45) is 13.0 Å². The zero-order valence-electron chi connectivity index (χ0n) is 15.3. The molecule has 1 amide bonds. The number of carbonyl (C=O) groups is 1. The summed E-state index contributed by atoms with van der Waals surface area (Å²) in [4.78, 5) is 12.9. The van der Waals surface area contributed by atoms with Crippen molar-refractivity contribution in [2.45, 2.75) is 19.4 Å². The van der Waals surface area contributed by atoms with Crippen LogP contribution < -0.4 is 10.6 Å². The first-order valence-electron chi connectivity index (χ1n) is 9.02. The van der Waals surface area contributed by atoms with Gasteiger partial charge in [-0.1, -0.05) is 12.1 Å². The lowest BCUT2D eigenvalue weighted by Crippen LogP contribution is -2.28. The first-order chi connectivity index (χ1) is 13.2. The van der Waals surface area contributed by atoms with Gasteiger partial charge in [-0.15, -0.1) is 5.10 Å². The largest absolute Gasteiger partial charge is 0.326 e. The van der Waals surface area contributed by atoms with Crippen molar-refractivity contribution < 1.29 is 4.79 Å². The van der Waals surface area contributed by atoms with Crippen LogP contribution in [0, 0.1) is 5.92 Å². The molecule has 1 aliphatic rings. The highest BCUT2D eigenvalue weighted by Gasteiger charge is 2.34. The number of aromatic nitrogens is 6. The molecule has 2 aromatic heterocycles. The van der Waals surface area contributed by atoms with E-state index >= 15 is 0 Å². The average Bonchev–Trinajstić information content (AvgIpc) is 3.41. The molecule has 1 saturated heterocycles. The second kappa shape index (κ2) is 7.28. The van der Waals surface area contributed by atoms with Crippen molar-refractivity contribution in [3.63, 3.8) is 0 Å². The van der Waals surface area contributed by atoms with Gasteiger partial charge in [0.1, 0.15) is 0 Å². The molecule has 2 atom stereocenters. The highest BCUT2D eigenvalue weighted by atomic mass is 16.2. The Bertz CT molecular complexity index is 946. The molecule has 2 N–H and O–H groups in total. The fourth-order valence-electron chi connectivity index (χ4n) is 3.53. The van der Waals surface area contributed by atoms with E-state index in [9.17, 15) is 4.79 Å². The summed E-state index contributed by atoms with van der Waals surface area (Å²) in [5.41, 5.74) is 2.69. The minimum absolute atomic E-state index is 0.00101. The van der Waals surface area contributed by atoms with Crippen LogP contribution in [0.25, 0.3) is 11.4 Å². The molecular formula is C18H22N8O. The summed E-state index contributed by atoms with van der Waals surface area (Å²) >= 11 is 0. The minimum Gasteiger partial charge on any atom is -0.326 e. The van der Waals surface area contributed by atoms with Crippen molar-refractivity contribution in [3.8, 4) is 11.4 Å². The second-order valence-corrected chi connectivity index (χ2v) is 6.71. The third kappa shape index (κ3) is 3.45. The molecule has 0 radical (unpaired) electrons. The van der Waals surface area contributed by atoms with Gasteiger partial charge < -0.3 is 10.6 Å². The van der Waals surface area contributed by atoms with Crippen LogP contribution in [0.4, 0.5) is 5.69 Å². The summed E-state index contributed by atoms with van der Waals surface area (Å²) in [6, 6.07) is 7.61. The Kier molecular flexibility index (Phi) is 4.68. The number of rotatable bonds is 5. The van der Waals surface area contributed by atoms with Gasteiger partial charge in [0.05, 0.1) is 12.1 Å². The summed E-state index contributed by atoms with van der Waals surface area (Å²) in [6.45, 7) is 4.09. The number of amides is 1. The summed E-state index contributed by atoms with van der Waals surface area (Å²) in [5.74, 6) is 0.665. The smallest absolute Gasteiger partial charge is 0.229 e. The molecular weight excluding hydrogens is 344 g/mol. The number of tetrazole rings is 1. The van der Waals surface area contributed by atoms with Gasteiger partial charge in [-0.2, -0.15) is 5.10 Å². The van der Waals surface area contributed by atoms with E-state index in [0.29, 0.717) is 18.9 Å². The van der Waals surface area contributed by atoms with Gasteiger partial charge in [0.25, 0.3) is 0 Å². The normalized spacial score (nSPS) is 19.3. The van der Waals surface area contributed by atoms with E-state index in [1.165, 1.54) is 0 Å². The van der Waals surface area contributed by atoms with E-state index in [1.54, 1.807) is 9.36 Å². The SMILES string of the molecule is CCn1nnnc1-c1cccc(NC(=O)[C@H]2CNC[C@@H]2c2cnn(C)c2)c1. The molecule has 140 valence electrons. The molecule has 1 fully saturated rings. The van der Waals surface area contributed by atoms with Gasteiger partial charge >= 0.3 is 0 Å². The molecule has 4 rings (SSSR count). The number of nitrogens with one attached hydrogen (secondary N) is 2. The average molecular weight is 366 g/mol. The lowest BCUT2D eigenvalue weighted by Gasteiger charge is -2.17. The number of benzene rings is 1. The van der Waals surface area contributed by atoms with Gasteiger partial charge in [0.2, 0.25) is 5.91 Å². The summed E-state index contributed by atoms with van der Waals surface area (Å²) in [7, 11) is 1.89. The molecule has 0 bridgehead atoms. The number of hydrogen-bond donors (Lipinski definition) is 2.